The highest BCUT2D eigenvalue weighted by molar-refractivity contribution is 5.79. The summed E-state index contributed by atoms with van der Waals surface area (Å²) >= 11 is 0. The molecule has 0 aliphatic heterocycles. The van der Waals surface area contributed by atoms with Crippen LogP contribution in [0.5, 0.6) is 0 Å². The van der Waals surface area contributed by atoms with E-state index in [1.807, 2.05) is 17.8 Å². The fourth-order valence-electron chi connectivity index (χ4n) is 1.07. The van der Waals surface area contributed by atoms with Crippen LogP contribution in [0.3, 0.4) is 0 Å². The molecular formula is C8H13N3O. The highest BCUT2D eigenvalue weighted by atomic mass is 16.4. The van der Waals surface area contributed by atoms with E-state index in [-0.39, 0.29) is 0 Å². The van der Waals surface area contributed by atoms with Gasteiger partial charge in [0.05, 0.1) is 11.9 Å². The maximum atomic E-state index is 8.32. The van der Waals surface area contributed by atoms with Crippen LogP contribution in [-0.2, 0) is 6.54 Å². The van der Waals surface area contributed by atoms with Crippen molar-refractivity contribution in [2.75, 3.05) is 0 Å². The fourth-order valence-corrected chi connectivity index (χ4v) is 1.07. The Morgan fingerprint density at radius 2 is 2.50 bits per heavy atom. The predicted molar refractivity (Wildman–Crippen MR) is 46.6 cm³/mol. The first-order valence-corrected chi connectivity index (χ1v) is 3.99. The van der Waals surface area contributed by atoms with Crippen LogP contribution >= 0.6 is 0 Å². The van der Waals surface area contributed by atoms with E-state index in [0.717, 1.165) is 24.2 Å². The van der Waals surface area contributed by atoms with Gasteiger partial charge in [-0.3, -0.25) is 4.68 Å². The van der Waals surface area contributed by atoms with E-state index in [1.165, 1.54) is 6.21 Å². The number of rotatable bonds is 3. The van der Waals surface area contributed by atoms with Crippen molar-refractivity contribution < 1.29 is 5.21 Å². The van der Waals surface area contributed by atoms with Gasteiger partial charge in [0.1, 0.15) is 0 Å². The zero-order valence-corrected chi connectivity index (χ0v) is 7.36. The van der Waals surface area contributed by atoms with Gasteiger partial charge in [-0.25, -0.2) is 0 Å². The molecule has 0 spiro atoms. The molecule has 0 aliphatic rings. The Bertz CT molecular complexity index is 278. The van der Waals surface area contributed by atoms with E-state index < -0.39 is 0 Å². The van der Waals surface area contributed by atoms with E-state index in [9.17, 15) is 0 Å². The molecule has 0 radical (unpaired) electrons. The standard InChI is InChI=1S/C8H13N3O/c1-3-4-11-6-8(5-9-12)7(2)10-11/h5-6,12H,3-4H2,1-2H3/b9-5-. The third-order valence-corrected chi connectivity index (χ3v) is 1.63. The average molecular weight is 167 g/mol. The van der Waals surface area contributed by atoms with Gasteiger partial charge in [0.2, 0.25) is 0 Å². The fraction of sp³-hybridized carbons (Fsp3) is 0.500. The zero-order chi connectivity index (χ0) is 8.97. The number of hydrogen-bond donors (Lipinski definition) is 1. The topological polar surface area (TPSA) is 50.4 Å². The molecule has 1 N–H and O–H groups in total. The number of hydrogen-bond acceptors (Lipinski definition) is 3. The summed E-state index contributed by atoms with van der Waals surface area (Å²) in [6.45, 7) is 4.89. The molecule has 12 heavy (non-hydrogen) atoms. The quantitative estimate of drug-likeness (QED) is 0.420. The van der Waals surface area contributed by atoms with Crippen molar-refractivity contribution in [1.82, 2.24) is 9.78 Å². The van der Waals surface area contributed by atoms with Gasteiger partial charge >= 0.3 is 0 Å². The number of aromatic nitrogens is 2. The second-order valence-electron chi connectivity index (χ2n) is 2.68. The van der Waals surface area contributed by atoms with Crippen LogP contribution in [0.25, 0.3) is 0 Å². The molecule has 1 heterocycles. The van der Waals surface area contributed by atoms with Crippen LogP contribution in [-0.4, -0.2) is 21.2 Å². The van der Waals surface area contributed by atoms with Crippen LogP contribution in [0, 0.1) is 6.92 Å². The summed E-state index contributed by atoms with van der Waals surface area (Å²) in [5, 5.41) is 15.5. The van der Waals surface area contributed by atoms with Gasteiger partial charge in [0, 0.05) is 18.3 Å². The third kappa shape index (κ3) is 1.84. The normalized spacial score (nSPS) is 11.2. The lowest BCUT2D eigenvalue weighted by Gasteiger charge is -1.93. The summed E-state index contributed by atoms with van der Waals surface area (Å²) in [7, 11) is 0. The van der Waals surface area contributed by atoms with Crippen LogP contribution in [0.1, 0.15) is 24.6 Å². The lowest BCUT2D eigenvalue weighted by atomic mass is 10.3. The molecule has 0 saturated carbocycles. The SMILES string of the molecule is CCCn1cc(/C=N\O)c(C)n1. The minimum absolute atomic E-state index is 0.867. The summed E-state index contributed by atoms with van der Waals surface area (Å²) in [6, 6.07) is 0. The lowest BCUT2D eigenvalue weighted by Crippen LogP contribution is -1.96. The van der Waals surface area contributed by atoms with E-state index in [4.69, 9.17) is 5.21 Å². The second-order valence-corrected chi connectivity index (χ2v) is 2.68. The Hall–Kier alpha value is -1.32. The van der Waals surface area contributed by atoms with Gasteiger partial charge < -0.3 is 5.21 Å². The number of aryl methyl sites for hydroxylation is 2. The molecular weight excluding hydrogens is 154 g/mol. The second kappa shape index (κ2) is 3.90. The molecule has 0 bridgehead atoms. The van der Waals surface area contributed by atoms with Crippen molar-refractivity contribution in [1.29, 1.82) is 0 Å². The highest BCUT2D eigenvalue weighted by Gasteiger charge is 2.00. The Morgan fingerprint density at radius 3 is 3.08 bits per heavy atom. The van der Waals surface area contributed by atoms with Gasteiger partial charge in [0.15, 0.2) is 0 Å². The lowest BCUT2D eigenvalue weighted by molar-refractivity contribution is 0.322. The van der Waals surface area contributed by atoms with Crippen molar-refractivity contribution >= 4 is 6.21 Å². The molecule has 4 heteroatoms. The highest BCUT2D eigenvalue weighted by Crippen LogP contribution is 2.02. The summed E-state index contributed by atoms with van der Waals surface area (Å²) < 4.78 is 1.85. The molecule has 0 atom stereocenters. The molecule has 0 fully saturated rings. The van der Waals surface area contributed by atoms with Gasteiger partial charge in [-0.2, -0.15) is 5.10 Å². The summed E-state index contributed by atoms with van der Waals surface area (Å²) in [5.41, 5.74) is 1.76. The first-order chi connectivity index (χ1) is 5.77. The van der Waals surface area contributed by atoms with Crippen LogP contribution < -0.4 is 0 Å². The van der Waals surface area contributed by atoms with Gasteiger partial charge in [-0.05, 0) is 13.3 Å². The van der Waals surface area contributed by atoms with Crippen molar-refractivity contribution in [2.45, 2.75) is 26.8 Å². The van der Waals surface area contributed by atoms with E-state index in [0.29, 0.717) is 0 Å². The molecule has 0 aromatic carbocycles. The number of oxime groups is 1. The maximum Gasteiger partial charge on any atom is 0.0768 e. The molecule has 1 aromatic heterocycles. The van der Waals surface area contributed by atoms with E-state index >= 15 is 0 Å². The van der Waals surface area contributed by atoms with Crippen molar-refractivity contribution in [2.24, 2.45) is 5.16 Å². The zero-order valence-electron chi connectivity index (χ0n) is 7.36. The Balaban J connectivity index is 2.84. The van der Waals surface area contributed by atoms with Crippen molar-refractivity contribution in [3.63, 3.8) is 0 Å². The monoisotopic (exact) mass is 167 g/mol. The summed E-state index contributed by atoms with van der Waals surface area (Å²) in [4.78, 5) is 0. The van der Waals surface area contributed by atoms with E-state index in [2.05, 4.69) is 17.2 Å². The molecule has 66 valence electrons. The smallest absolute Gasteiger partial charge is 0.0768 e. The van der Waals surface area contributed by atoms with Crippen LogP contribution in [0.4, 0.5) is 0 Å². The summed E-state index contributed by atoms with van der Waals surface area (Å²) in [6.07, 6.45) is 4.32. The average Bonchev–Trinajstić information content (AvgIpc) is 2.34. The summed E-state index contributed by atoms with van der Waals surface area (Å²) in [5.74, 6) is 0. The predicted octanol–water partition coefficient (Wildman–Crippen LogP) is 1.41. The van der Waals surface area contributed by atoms with Gasteiger partial charge in [-0.15, -0.1) is 0 Å². The Morgan fingerprint density at radius 1 is 1.75 bits per heavy atom. The Kier molecular flexibility index (Phi) is 2.85. The van der Waals surface area contributed by atoms with Crippen molar-refractivity contribution in [3.8, 4) is 0 Å². The first-order valence-electron chi connectivity index (χ1n) is 3.99. The molecule has 1 rings (SSSR count). The minimum atomic E-state index is 0.867. The molecule has 0 saturated heterocycles. The molecule has 0 amide bonds. The molecule has 0 aliphatic carbocycles. The Labute approximate surface area is 71.5 Å². The van der Waals surface area contributed by atoms with Gasteiger partial charge in [-0.1, -0.05) is 12.1 Å². The van der Waals surface area contributed by atoms with E-state index in [1.54, 1.807) is 0 Å². The first kappa shape index (κ1) is 8.77. The molecule has 4 nitrogen and oxygen atoms in total. The van der Waals surface area contributed by atoms with Crippen LogP contribution in [0.15, 0.2) is 11.4 Å². The number of nitrogens with zero attached hydrogens (tertiary/aromatic N) is 3. The molecule has 0 unspecified atom stereocenters. The minimum Gasteiger partial charge on any atom is -0.411 e. The third-order valence-electron chi connectivity index (χ3n) is 1.63. The van der Waals surface area contributed by atoms with Crippen LogP contribution in [0.2, 0.25) is 0 Å². The largest absolute Gasteiger partial charge is 0.411 e. The maximum absolute atomic E-state index is 8.32. The molecule has 1 aromatic rings. The van der Waals surface area contributed by atoms with Gasteiger partial charge in [0.25, 0.3) is 0 Å². The van der Waals surface area contributed by atoms with Crippen molar-refractivity contribution in [3.05, 3.63) is 17.5 Å².